The van der Waals surface area contributed by atoms with Crippen molar-refractivity contribution < 1.29 is 9.53 Å². The quantitative estimate of drug-likeness (QED) is 0.738. The van der Waals surface area contributed by atoms with Gasteiger partial charge >= 0.3 is 5.97 Å². The predicted molar refractivity (Wildman–Crippen MR) is 60.9 cm³/mol. The Morgan fingerprint density at radius 1 is 1.12 bits per heavy atom. The molecule has 0 saturated heterocycles. The predicted octanol–water partition coefficient (Wildman–Crippen LogP) is 1.57. The zero-order valence-corrected chi connectivity index (χ0v) is 9.95. The third kappa shape index (κ3) is 1.75. The van der Waals surface area contributed by atoms with E-state index in [4.69, 9.17) is 4.74 Å². The van der Waals surface area contributed by atoms with Crippen molar-refractivity contribution in [3.05, 3.63) is 0 Å². The second-order valence-electron chi connectivity index (χ2n) is 5.91. The number of ether oxygens (including phenoxy) is 1. The molecule has 0 aliphatic heterocycles. The molecule has 0 aromatic carbocycles. The van der Waals surface area contributed by atoms with Crippen molar-refractivity contribution in [2.75, 3.05) is 13.7 Å². The minimum Gasteiger partial charge on any atom is -0.468 e. The summed E-state index contributed by atoms with van der Waals surface area (Å²) < 4.78 is 4.69. The van der Waals surface area contributed by atoms with E-state index in [2.05, 4.69) is 5.32 Å². The molecule has 0 radical (unpaired) electrons. The Kier molecular flexibility index (Phi) is 2.66. The number of nitrogens with one attached hydrogen (secondary N) is 1. The molecule has 4 bridgehead atoms. The number of carbonyl (C=O) groups is 1. The van der Waals surface area contributed by atoms with Crippen LogP contribution >= 0.6 is 0 Å². The molecule has 4 saturated carbocycles. The van der Waals surface area contributed by atoms with Gasteiger partial charge in [-0.05, 0) is 55.8 Å². The van der Waals surface area contributed by atoms with E-state index in [1.165, 1.54) is 39.2 Å². The van der Waals surface area contributed by atoms with Gasteiger partial charge in [-0.3, -0.25) is 4.79 Å². The van der Waals surface area contributed by atoms with Gasteiger partial charge in [-0.1, -0.05) is 0 Å². The Morgan fingerprint density at radius 3 is 2.19 bits per heavy atom. The van der Waals surface area contributed by atoms with Crippen molar-refractivity contribution in [3.63, 3.8) is 0 Å². The van der Waals surface area contributed by atoms with Crippen LogP contribution in [0.5, 0.6) is 0 Å². The molecule has 0 aromatic heterocycles. The van der Waals surface area contributed by atoms with E-state index in [0.717, 1.165) is 23.7 Å². The maximum Gasteiger partial charge on any atom is 0.319 e. The molecule has 90 valence electrons. The molecule has 4 aliphatic carbocycles. The third-order valence-electron chi connectivity index (χ3n) is 4.94. The minimum atomic E-state index is -0.131. The van der Waals surface area contributed by atoms with Crippen molar-refractivity contribution in [1.29, 1.82) is 0 Å². The Morgan fingerprint density at radius 2 is 1.69 bits per heavy atom. The summed E-state index contributed by atoms with van der Waals surface area (Å²) in [7, 11) is 1.46. The van der Waals surface area contributed by atoms with Crippen molar-refractivity contribution in [3.8, 4) is 0 Å². The van der Waals surface area contributed by atoms with Crippen LogP contribution in [0, 0.1) is 23.7 Å². The Bertz CT molecular complexity index is 262. The molecule has 0 amide bonds. The summed E-state index contributed by atoms with van der Waals surface area (Å²) in [5.41, 5.74) is 0. The molecular formula is C13H21NO2. The van der Waals surface area contributed by atoms with Crippen LogP contribution < -0.4 is 5.32 Å². The number of rotatable bonds is 3. The molecule has 4 rings (SSSR count). The van der Waals surface area contributed by atoms with Gasteiger partial charge in [0.15, 0.2) is 0 Å². The third-order valence-corrected chi connectivity index (χ3v) is 4.94. The van der Waals surface area contributed by atoms with Gasteiger partial charge < -0.3 is 10.1 Å². The number of carbonyl (C=O) groups excluding carboxylic acids is 1. The summed E-state index contributed by atoms with van der Waals surface area (Å²) >= 11 is 0. The first-order chi connectivity index (χ1) is 7.76. The topological polar surface area (TPSA) is 38.3 Å². The second-order valence-corrected chi connectivity index (χ2v) is 5.91. The first-order valence-corrected chi connectivity index (χ1v) is 6.56. The van der Waals surface area contributed by atoms with E-state index < -0.39 is 0 Å². The molecule has 0 spiro atoms. The van der Waals surface area contributed by atoms with Crippen LogP contribution in [0.3, 0.4) is 0 Å². The van der Waals surface area contributed by atoms with Gasteiger partial charge in [0.05, 0.1) is 13.7 Å². The maximum absolute atomic E-state index is 11.2. The smallest absolute Gasteiger partial charge is 0.319 e. The molecule has 0 aromatic rings. The van der Waals surface area contributed by atoms with Gasteiger partial charge in [0, 0.05) is 6.04 Å². The van der Waals surface area contributed by atoms with Gasteiger partial charge in [-0.15, -0.1) is 0 Å². The van der Waals surface area contributed by atoms with Crippen LogP contribution in [-0.2, 0) is 9.53 Å². The fourth-order valence-electron chi connectivity index (χ4n) is 4.53. The summed E-state index contributed by atoms with van der Waals surface area (Å²) in [5, 5.41) is 3.44. The molecule has 0 heterocycles. The highest BCUT2D eigenvalue weighted by Gasteiger charge is 2.47. The lowest BCUT2D eigenvalue weighted by atomic mass is 9.54. The van der Waals surface area contributed by atoms with Gasteiger partial charge in [-0.2, -0.15) is 0 Å². The Balaban J connectivity index is 1.61. The van der Waals surface area contributed by atoms with Gasteiger partial charge in [0.2, 0.25) is 0 Å². The molecule has 0 atom stereocenters. The normalized spacial score (nSPS) is 44.7. The van der Waals surface area contributed by atoms with Crippen molar-refractivity contribution >= 4 is 5.97 Å². The van der Waals surface area contributed by atoms with Crippen molar-refractivity contribution in [2.24, 2.45) is 23.7 Å². The second kappa shape index (κ2) is 4.02. The first-order valence-electron chi connectivity index (χ1n) is 6.56. The molecule has 4 fully saturated rings. The van der Waals surface area contributed by atoms with Crippen LogP contribution in [0.15, 0.2) is 0 Å². The standard InChI is InChI=1S/C13H21NO2/c1-16-12(15)7-14-13-10-3-8-2-9(5-10)6-11(13)4-8/h8-11,13-14H,2-7H2,1H3. The van der Waals surface area contributed by atoms with E-state index >= 15 is 0 Å². The summed E-state index contributed by atoms with van der Waals surface area (Å²) in [6, 6.07) is 0.590. The van der Waals surface area contributed by atoms with Crippen molar-refractivity contribution in [2.45, 2.75) is 38.1 Å². The highest BCUT2D eigenvalue weighted by atomic mass is 16.5. The van der Waals surface area contributed by atoms with Crippen LogP contribution in [0.1, 0.15) is 32.1 Å². The highest BCUT2D eigenvalue weighted by molar-refractivity contribution is 5.71. The summed E-state index contributed by atoms with van der Waals surface area (Å²) in [6.45, 7) is 0.392. The lowest BCUT2D eigenvalue weighted by molar-refractivity contribution is -0.140. The van der Waals surface area contributed by atoms with E-state index in [1.54, 1.807) is 0 Å². The average molecular weight is 223 g/mol. The van der Waals surface area contributed by atoms with E-state index in [1.807, 2.05) is 0 Å². The van der Waals surface area contributed by atoms with E-state index in [0.29, 0.717) is 12.6 Å². The Labute approximate surface area is 96.9 Å². The summed E-state index contributed by atoms with van der Waals surface area (Å²) in [5.74, 6) is 3.54. The molecule has 3 nitrogen and oxygen atoms in total. The zero-order valence-electron chi connectivity index (χ0n) is 9.95. The van der Waals surface area contributed by atoms with Gasteiger partial charge in [0.1, 0.15) is 0 Å². The zero-order chi connectivity index (χ0) is 11.1. The fourth-order valence-corrected chi connectivity index (χ4v) is 4.53. The average Bonchev–Trinajstić information content (AvgIpc) is 2.26. The number of hydrogen-bond acceptors (Lipinski definition) is 3. The summed E-state index contributed by atoms with van der Waals surface area (Å²) in [4.78, 5) is 11.2. The largest absolute Gasteiger partial charge is 0.468 e. The fraction of sp³-hybridized carbons (Fsp3) is 0.923. The monoisotopic (exact) mass is 223 g/mol. The van der Waals surface area contributed by atoms with Crippen LogP contribution in [0.4, 0.5) is 0 Å². The minimum absolute atomic E-state index is 0.131. The molecule has 3 heteroatoms. The Hall–Kier alpha value is -0.570. The SMILES string of the molecule is COC(=O)CNC1C2CC3CC(C2)CC1C3. The van der Waals surface area contributed by atoms with Gasteiger partial charge in [-0.25, -0.2) is 0 Å². The van der Waals surface area contributed by atoms with Crippen molar-refractivity contribution in [1.82, 2.24) is 5.32 Å². The molecule has 4 aliphatic rings. The lowest BCUT2D eigenvalue weighted by Crippen LogP contribution is -2.55. The number of esters is 1. The molecular weight excluding hydrogens is 202 g/mol. The lowest BCUT2D eigenvalue weighted by Gasteiger charge is -2.54. The number of hydrogen-bond donors (Lipinski definition) is 1. The van der Waals surface area contributed by atoms with Crippen LogP contribution in [0.2, 0.25) is 0 Å². The molecule has 16 heavy (non-hydrogen) atoms. The molecule has 0 unspecified atom stereocenters. The van der Waals surface area contributed by atoms with E-state index in [-0.39, 0.29) is 5.97 Å². The van der Waals surface area contributed by atoms with Crippen LogP contribution in [0.25, 0.3) is 0 Å². The van der Waals surface area contributed by atoms with Gasteiger partial charge in [0.25, 0.3) is 0 Å². The maximum atomic E-state index is 11.2. The first kappa shape index (κ1) is 10.6. The number of methoxy groups -OCH3 is 1. The van der Waals surface area contributed by atoms with E-state index in [9.17, 15) is 4.79 Å². The highest BCUT2D eigenvalue weighted by Crippen LogP contribution is 2.53. The summed E-state index contributed by atoms with van der Waals surface area (Å²) in [6.07, 6.45) is 7.06. The molecule has 1 N–H and O–H groups in total. The van der Waals surface area contributed by atoms with Crippen LogP contribution in [-0.4, -0.2) is 25.7 Å².